The fourth-order valence-electron chi connectivity index (χ4n) is 2.07. The summed E-state index contributed by atoms with van der Waals surface area (Å²) in [5.74, 6) is -3.55. The first-order valence-corrected chi connectivity index (χ1v) is 6.88. The molecule has 0 atom stereocenters. The predicted molar refractivity (Wildman–Crippen MR) is 77.4 cm³/mol. The van der Waals surface area contributed by atoms with Gasteiger partial charge in [0.05, 0.1) is 5.56 Å². The van der Waals surface area contributed by atoms with Gasteiger partial charge in [-0.3, -0.25) is 0 Å². The SMILES string of the molecule is O=C(OCc1cc(-c2ccccc2F)on1)c1c(F)cccc1F. The third-order valence-corrected chi connectivity index (χ3v) is 3.22. The Kier molecular flexibility index (Phi) is 4.33. The Hall–Kier alpha value is -3.09. The third kappa shape index (κ3) is 3.15. The number of hydrogen-bond acceptors (Lipinski definition) is 4. The van der Waals surface area contributed by atoms with Crippen LogP contribution in [0, 0.1) is 17.5 Å². The van der Waals surface area contributed by atoms with Crippen LogP contribution in [0.4, 0.5) is 13.2 Å². The van der Waals surface area contributed by atoms with Gasteiger partial charge in [-0.2, -0.15) is 0 Å². The average Bonchev–Trinajstić information content (AvgIpc) is 3.02. The Morgan fingerprint density at radius 1 is 1.00 bits per heavy atom. The molecule has 3 aromatic rings. The van der Waals surface area contributed by atoms with Crippen LogP contribution in [0.1, 0.15) is 16.1 Å². The van der Waals surface area contributed by atoms with Gasteiger partial charge in [0.1, 0.15) is 35.3 Å². The summed E-state index contributed by atoms with van der Waals surface area (Å²) < 4.78 is 50.4. The molecular formula is C17H10F3NO3. The maximum absolute atomic E-state index is 13.7. The summed E-state index contributed by atoms with van der Waals surface area (Å²) in [6.45, 7) is -0.370. The molecule has 0 bridgehead atoms. The van der Waals surface area contributed by atoms with E-state index in [2.05, 4.69) is 5.16 Å². The first-order chi connectivity index (χ1) is 11.6. The molecule has 0 N–H and O–H groups in total. The van der Waals surface area contributed by atoms with Crippen molar-refractivity contribution in [1.82, 2.24) is 5.16 Å². The quantitative estimate of drug-likeness (QED) is 0.674. The zero-order chi connectivity index (χ0) is 17.1. The molecule has 1 aromatic heterocycles. The fraction of sp³-hybridized carbons (Fsp3) is 0.0588. The zero-order valence-corrected chi connectivity index (χ0v) is 12.1. The number of benzene rings is 2. The average molecular weight is 333 g/mol. The highest BCUT2D eigenvalue weighted by Gasteiger charge is 2.19. The first kappa shape index (κ1) is 15.8. The van der Waals surface area contributed by atoms with E-state index >= 15 is 0 Å². The smallest absolute Gasteiger partial charge is 0.344 e. The van der Waals surface area contributed by atoms with Gasteiger partial charge < -0.3 is 9.26 Å². The van der Waals surface area contributed by atoms with Crippen molar-refractivity contribution in [1.29, 1.82) is 0 Å². The molecule has 0 aliphatic carbocycles. The highest BCUT2D eigenvalue weighted by atomic mass is 19.1. The molecule has 24 heavy (non-hydrogen) atoms. The molecule has 0 saturated carbocycles. The Bertz CT molecular complexity index is 872. The van der Waals surface area contributed by atoms with Crippen molar-refractivity contribution in [3.8, 4) is 11.3 Å². The van der Waals surface area contributed by atoms with E-state index in [1.807, 2.05) is 0 Å². The number of rotatable bonds is 4. The summed E-state index contributed by atoms with van der Waals surface area (Å²) in [5.41, 5.74) is -0.406. The van der Waals surface area contributed by atoms with Crippen LogP contribution in [0.15, 0.2) is 53.1 Å². The van der Waals surface area contributed by atoms with Crippen molar-refractivity contribution in [2.24, 2.45) is 0 Å². The van der Waals surface area contributed by atoms with Gasteiger partial charge in [-0.05, 0) is 24.3 Å². The molecule has 1 heterocycles. The second-order valence-electron chi connectivity index (χ2n) is 4.84. The van der Waals surface area contributed by atoms with Crippen molar-refractivity contribution in [2.45, 2.75) is 6.61 Å². The molecule has 0 spiro atoms. The molecule has 0 aliphatic rings. The van der Waals surface area contributed by atoms with Gasteiger partial charge in [-0.25, -0.2) is 18.0 Å². The highest BCUT2D eigenvalue weighted by molar-refractivity contribution is 5.90. The van der Waals surface area contributed by atoms with Crippen LogP contribution < -0.4 is 0 Å². The van der Waals surface area contributed by atoms with Gasteiger partial charge in [0.15, 0.2) is 5.76 Å². The van der Waals surface area contributed by atoms with Crippen LogP contribution in [0.2, 0.25) is 0 Å². The van der Waals surface area contributed by atoms with E-state index in [1.54, 1.807) is 6.07 Å². The largest absolute Gasteiger partial charge is 0.455 e. The molecule has 0 amide bonds. The summed E-state index contributed by atoms with van der Waals surface area (Å²) in [6, 6.07) is 10.3. The summed E-state index contributed by atoms with van der Waals surface area (Å²) in [6.07, 6.45) is 0. The van der Waals surface area contributed by atoms with Crippen molar-refractivity contribution in [3.63, 3.8) is 0 Å². The van der Waals surface area contributed by atoms with E-state index in [-0.39, 0.29) is 23.6 Å². The van der Waals surface area contributed by atoms with Gasteiger partial charge in [0.2, 0.25) is 0 Å². The second kappa shape index (κ2) is 6.57. The van der Waals surface area contributed by atoms with Crippen molar-refractivity contribution >= 4 is 5.97 Å². The summed E-state index contributed by atoms with van der Waals surface area (Å²) >= 11 is 0. The Labute approximate surface area is 134 Å². The minimum absolute atomic E-state index is 0.149. The van der Waals surface area contributed by atoms with Crippen molar-refractivity contribution in [3.05, 3.63) is 77.2 Å². The Morgan fingerprint density at radius 2 is 1.67 bits per heavy atom. The molecule has 4 nitrogen and oxygen atoms in total. The van der Waals surface area contributed by atoms with Gasteiger partial charge in [-0.1, -0.05) is 23.4 Å². The van der Waals surface area contributed by atoms with Crippen LogP contribution in [0.5, 0.6) is 0 Å². The number of esters is 1. The van der Waals surface area contributed by atoms with E-state index < -0.39 is 29.0 Å². The molecule has 0 saturated heterocycles. The lowest BCUT2D eigenvalue weighted by molar-refractivity contribution is 0.0453. The van der Waals surface area contributed by atoms with Gasteiger partial charge in [0.25, 0.3) is 0 Å². The number of ether oxygens (including phenoxy) is 1. The molecule has 7 heteroatoms. The van der Waals surface area contributed by atoms with E-state index in [0.29, 0.717) is 0 Å². The van der Waals surface area contributed by atoms with Gasteiger partial charge in [-0.15, -0.1) is 0 Å². The van der Waals surface area contributed by atoms with Crippen LogP contribution in [-0.4, -0.2) is 11.1 Å². The minimum atomic E-state index is -1.17. The maximum atomic E-state index is 13.7. The number of halogens is 3. The summed E-state index contributed by atoms with van der Waals surface area (Å²) in [4.78, 5) is 11.8. The number of hydrogen-bond donors (Lipinski definition) is 0. The third-order valence-electron chi connectivity index (χ3n) is 3.22. The zero-order valence-electron chi connectivity index (χ0n) is 12.1. The van der Waals surface area contributed by atoms with Gasteiger partial charge in [0, 0.05) is 6.07 Å². The summed E-state index contributed by atoms with van der Waals surface area (Å²) in [5, 5.41) is 3.64. The van der Waals surface area contributed by atoms with Crippen molar-refractivity contribution in [2.75, 3.05) is 0 Å². The monoisotopic (exact) mass is 333 g/mol. The lowest BCUT2D eigenvalue weighted by atomic mass is 10.1. The second-order valence-corrected chi connectivity index (χ2v) is 4.84. The maximum Gasteiger partial charge on any atom is 0.344 e. The van der Waals surface area contributed by atoms with E-state index in [0.717, 1.165) is 18.2 Å². The molecule has 122 valence electrons. The fourth-order valence-corrected chi connectivity index (χ4v) is 2.07. The van der Waals surface area contributed by atoms with Crippen molar-refractivity contribution < 1.29 is 27.2 Å². The van der Waals surface area contributed by atoms with Crippen LogP contribution in [-0.2, 0) is 11.3 Å². The lowest BCUT2D eigenvalue weighted by Crippen LogP contribution is -2.10. The minimum Gasteiger partial charge on any atom is -0.455 e. The molecule has 0 aliphatic heterocycles. The molecular weight excluding hydrogens is 323 g/mol. The number of carbonyl (C=O) groups is 1. The van der Waals surface area contributed by atoms with E-state index in [1.165, 1.54) is 24.3 Å². The molecule has 2 aromatic carbocycles. The normalized spacial score (nSPS) is 10.6. The predicted octanol–water partition coefficient (Wildman–Crippen LogP) is 4.12. The van der Waals surface area contributed by atoms with Crippen LogP contribution >= 0.6 is 0 Å². The number of nitrogens with zero attached hydrogens (tertiary/aromatic N) is 1. The molecule has 0 unspecified atom stereocenters. The molecule has 3 rings (SSSR count). The Balaban J connectivity index is 1.72. The molecule has 0 fully saturated rings. The van der Waals surface area contributed by atoms with Gasteiger partial charge >= 0.3 is 5.97 Å². The number of carbonyl (C=O) groups excluding carboxylic acids is 1. The van der Waals surface area contributed by atoms with Crippen LogP contribution in [0.25, 0.3) is 11.3 Å². The number of aromatic nitrogens is 1. The standard InChI is InChI=1S/C17H10F3NO3/c18-12-5-2-1-4-11(12)15-8-10(21-24-15)9-23-17(22)16-13(19)6-3-7-14(16)20/h1-8H,9H2. The lowest BCUT2D eigenvalue weighted by Gasteiger charge is -2.04. The molecule has 0 radical (unpaired) electrons. The summed E-state index contributed by atoms with van der Waals surface area (Å²) in [7, 11) is 0. The Morgan fingerprint density at radius 3 is 2.38 bits per heavy atom. The topological polar surface area (TPSA) is 52.3 Å². The van der Waals surface area contributed by atoms with Crippen LogP contribution in [0.3, 0.4) is 0 Å². The van der Waals surface area contributed by atoms with E-state index in [4.69, 9.17) is 9.26 Å². The highest BCUT2D eigenvalue weighted by Crippen LogP contribution is 2.23. The van der Waals surface area contributed by atoms with E-state index in [9.17, 15) is 18.0 Å². The first-order valence-electron chi connectivity index (χ1n) is 6.88.